The highest BCUT2D eigenvalue weighted by atomic mass is 35.5. The number of benzene rings is 2. The highest BCUT2D eigenvalue weighted by molar-refractivity contribution is 6.31. The molecule has 1 aromatic heterocycles. The van der Waals surface area contributed by atoms with Crippen LogP contribution in [0.25, 0.3) is 11.0 Å². The van der Waals surface area contributed by atoms with Crippen LogP contribution in [0.3, 0.4) is 0 Å². The molecule has 0 aliphatic rings. The molecular weight excluding hydrogens is 290 g/mol. The Balaban J connectivity index is 2.09. The van der Waals surface area contributed by atoms with Gasteiger partial charge in [0.15, 0.2) is 0 Å². The van der Waals surface area contributed by atoms with Crippen molar-refractivity contribution in [3.05, 3.63) is 58.6 Å². The van der Waals surface area contributed by atoms with Crippen molar-refractivity contribution >= 4 is 28.6 Å². The lowest BCUT2D eigenvalue weighted by Crippen LogP contribution is -2.09. The number of rotatable bonds is 3. The van der Waals surface area contributed by atoms with E-state index in [2.05, 4.69) is 10.3 Å². The predicted octanol–water partition coefficient (Wildman–Crippen LogP) is 3.39. The van der Waals surface area contributed by atoms with Gasteiger partial charge in [0.05, 0.1) is 17.1 Å². The number of carboxylic acids is 1. The molecule has 0 aliphatic heterocycles. The third-order valence-electron chi connectivity index (χ3n) is 3.44. The molecule has 0 bridgehead atoms. The highest BCUT2D eigenvalue weighted by Gasteiger charge is 2.16. The van der Waals surface area contributed by atoms with Crippen LogP contribution >= 0.6 is 11.6 Å². The van der Waals surface area contributed by atoms with Crippen molar-refractivity contribution in [2.24, 2.45) is 0 Å². The second-order valence-electron chi connectivity index (χ2n) is 4.74. The van der Waals surface area contributed by atoms with Crippen molar-refractivity contribution in [2.45, 2.75) is 13.0 Å². The van der Waals surface area contributed by atoms with Crippen molar-refractivity contribution in [2.75, 3.05) is 0 Å². The Morgan fingerprint density at radius 1 is 1.29 bits per heavy atom. The first-order chi connectivity index (χ1) is 10.1. The number of halogens is 1. The molecule has 21 heavy (non-hydrogen) atoms. The SMILES string of the molecule is CC(c1ccccc1Cl)n1nnc2cc(C(=O)O)ccc21. The van der Waals surface area contributed by atoms with Crippen LogP contribution in [0.4, 0.5) is 0 Å². The van der Waals surface area contributed by atoms with E-state index in [1.54, 1.807) is 16.8 Å². The van der Waals surface area contributed by atoms with Gasteiger partial charge in [-0.2, -0.15) is 0 Å². The first kappa shape index (κ1) is 13.6. The second kappa shape index (κ2) is 5.18. The number of carboxylic acid groups (broad SMARTS) is 1. The molecule has 0 radical (unpaired) electrons. The molecule has 1 heterocycles. The van der Waals surface area contributed by atoms with E-state index >= 15 is 0 Å². The van der Waals surface area contributed by atoms with Gasteiger partial charge in [-0.1, -0.05) is 35.0 Å². The van der Waals surface area contributed by atoms with Gasteiger partial charge in [-0.25, -0.2) is 9.48 Å². The van der Waals surface area contributed by atoms with Crippen molar-refractivity contribution < 1.29 is 9.90 Å². The van der Waals surface area contributed by atoms with Crippen LogP contribution in [-0.2, 0) is 0 Å². The van der Waals surface area contributed by atoms with Gasteiger partial charge in [-0.15, -0.1) is 5.10 Å². The minimum absolute atomic E-state index is 0.0978. The minimum atomic E-state index is -0.981. The molecule has 0 aliphatic carbocycles. The molecule has 0 saturated carbocycles. The van der Waals surface area contributed by atoms with Crippen LogP contribution in [0.2, 0.25) is 5.02 Å². The average molecular weight is 302 g/mol. The quantitative estimate of drug-likeness (QED) is 0.805. The van der Waals surface area contributed by atoms with E-state index in [1.807, 2.05) is 31.2 Å². The van der Waals surface area contributed by atoms with Crippen LogP contribution in [0.15, 0.2) is 42.5 Å². The number of aromatic nitrogens is 3. The minimum Gasteiger partial charge on any atom is -0.478 e. The maximum Gasteiger partial charge on any atom is 0.335 e. The Morgan fingerprint density at radius 2 is 2.05 bits per heavy atom. The summed E-state index contributed by atoms with van der Waals surface area (Å²) in [6.07, 6.45) is 0. The number of fused-ring (bicyclic) bond motifs is 1. The molecule has 1 N–H and O–H groups in total. The fourth-order valence-electron chi connectivity index (χ4n) is 2.31. The lowest BCUT2D eigenvalue weighted by atomic mass is 10.1. The maximum absolute atomic E-state index is 11.0. The molecule has 0 saturated heterocycles. The molecule has 0 amide bonds. The fourth-order valence-corrected chi connectivity index (χ4v) is 2.60. The molecule has 0 spiro atoms. The van der Waals surface area contributed by atoms with E-state index < -0.39 is 5.97 Å². The predicted molar refractivity (Wildman–Crippen MR) is 79.8 cm³/mol. The van der Waals surface area contributed by atoms with Crippen LogP contribution in [0.1, 0.15) is 28.9 Å². The Hall–Kier alpha value is -2.40. The Morgan fingerprint density at radius 3 is 2.76 bits per heavy atom. The zero-order chi connectivity index (χ0) is 15.0. The molecule has 3 rings (SSSR count). The Kier molecular flexibility index (Phi) is 3.35. The summed E-state index contributed by atoms with van der Waals surface area (Å²) in [5, 5.41) is 17.8. The van der Waals surface area contributed by atoms with E-state index in [4.69, 9.17) is 16.7 Å². The van der Waals surface area contributed by atoms with E-state index in [0.29, 0.717) is 10.5 Å². The fraction of sp³-hybridized carbons (Fsp3) is 0.133. The summed E-state index contributed by atoms with van der Waals surface area (Å²) in [5.41, 5.74) is 2.45. The van der Waals surface area contributed by atoms with Gasteiger partial charge in [0.1, 0.15) is 5.52 Å². The van der Waals surface area contributed by atoms with E-state index in [0.717, 1.165) is 11.1 Å². The van der Waals surface area contributed by atoms with Crippen LogP contribution in [0.5, 0.6) is 0 Å². The summed E-state index contributed by atoms with van der Waals surface area (Å²) in [5.74, 6) is -0.981. The van der Waals surface area contributed by atoms with Crippen molar-refractivity contribution in [1.82, 2.24) is 15.0 Å². The van der Waals surface area contributed by atoms with E-state index in [1.165, 1.54) is 6.07 Å². The highest BCUT2D eigenvalue weighted by Crippen LogP contribution is 2.27. The zero-order valence-corrected chi connectivity index (χ0v) is 11.9. The van der Waals surface area contributed by atoms with E-state index in [-0.39, 0.29) is 11.6 Å². The van der Waals surface area contributed by atoms with Gasteiger partial charge in [0, 0.05) is 5.02 Å². The molecule has 0 fully saturated rings. The zero-order valence-electron chi connectivity index (χ0n) is 11.2. The molecule has 5 nitrogen and oxygen atoms in total. The third kappa shape index (κ3) is 2.36. The number of carbonyl (C=O) groups is 1. The maximum atomic E-state index is 11.0. The van der Waals surface area contributed by atoms with Gasteiger partial charge < -0.3 is 5.11 Å². The Bertz CT molecular complexity index is 829. The number of aromatic carboxylic acids is 1. The van der Waals surface area contributed by atoms with Gasteiger partial charge >= 0.3 is 5.97 Å². The smallest absolute Gasteiger partial charge is 0.335 e. The van der Waals surface area contributed by atoms with Crippen LogP contribution < -0.4 is 0 Å². The van der Waals surface area contributed by atoms with Gasteiger partial charge in [0.25, 0.3) is 0 Å². The first-order valence-electron chi connectivity index (χ1n) is 6.40. The Labute approximate surface area is 125 Å². The van der Waals surface area contributed by atoms with Crippen molar-refractivity contribution in [3.63, 3.8) is 0 Å². The van der Waals surface area contributed by atoms with E-state index in [9.17, 15) is 4.79 Å². The lowest BCUT2D eigenvalue weighted by Gasteiger charge is -2.14. The summed E-state index contributed by atoms with van der Waals surface area (Å²) < 4.78 is 1.74. The van der Waals surface area contributed by atoms with Crippen LogP contribution in [0, 0.1) is 0 Å². The van der Waals surface area contributed by atoms with Crippen LogP contribution in [-0.4, -0.2) is 26.1 Å². The largest absolute Gasteiger partial charge is 0.478 e. The van der Waals surface area contributed by atoms with Gasteiger partial charge in [0.2, 0.25) is 0 Å². The lowest BCUT2D eigenvalue weighted by molar-refractivity contribution is 0.0697. The van der Waals surface area contributed by atoms with Gasteiger partial charge in [-0.05, 0) is 36.8 Å². The molecule has 1 unspecified atom stereocenters. The summed E-state index contributed by atoms with van der Waals surface area (Å²) in [7, 11) is 0. The summed E-state index contributed by atoms with van der Waals surface area (Å²) in [6.45, 7) is 1.97. The second-order valence-corrected chi connectivity index (χ2v) is 5.15. The molecule has 6 heteroatoms. The summed E-state index contributed by atoms with van der Waals surface area (Å²) in [6, 6.07) is 12.2. The average Bonchev–Trinajstić information content (AvgIpc) is 2.90. The van der Waals surface area contributed by atoms with Crippen molar-refractivity contribution in [3.8, 4) is 0 Å². The number of hydrogen-bond acceptors (Lipinski definition) is 3. The van der Waals surface area contributed by atoms with Gasteiger partial charge in [-0.3, -0.25) is 0 Å². The standard InChI is InChI=1S/C15H12ClN3O2/c1-9(11-4-2-3-5-12(11)16)19-14-7-6-10(15(20)21)8-13(14)17-18-19/h2-9H,1H3,(H,20,21). The normalized spacial score (nSPS) is 12.5. The molecule has 1 atom stereocenters. The summed E-state index contributed by atoms with van der Waals surface area (Å²) >= 11 is 6.21. The first-order valence-corrected chi connectivity index (χ1v) is 6.78. The number of hydrogen-bond donors (Lipinski definition) is 1. The molecule has 106 valence electrons. The van der Waals surface area contributed by atoms with Crippen molar-refractivity contribution in [1.29, 1.82) is 0 Å². The molecule has 3 aromatic rings. The topological polar surface area (TPSA) is 68.0 Å². The molecular formula is C15H12ClN3O2. The third-order valence-corrected chi connectivity index (χ3v) is 3.78. The number of nitrogens with zero attached hydrogens (tertiary/aromatic N) is 3. The summed E-state index contributed by atoms with van der Waals surface area (Å²) in [4.78, 5) is 11.0. The molecule has 2 aromatic carbocycles. The monoisotopic (exact) mass is 301 g/mol.